The Morgan fingerprint density at radius 1 is 1.62 bits per heavy atom. The first-order valence-electron chi connectivity index (χ1n) is 4.72. The fourth-order valence-corrected chi connectivity index (χ4v) is 2.20. The van der Waals surface area contributed by atoms with Crippen LogP contribution in [0.25, 0.3) is 0 Å². The van der Waals surface area contributed by atoms with Crippen molar-refractivity contribution in [1.82, 2.24) is 5.32 Å². The maximum atomic E-state index is 10.7. The Hall–Kier alpha value is -1.36. The molecule has 16 heavy (non-hydrogen) atoms. The molecule has 4 nitrogen and oxygen atoms in total. The van der Waals surface area contributed by atoms with E-state index < -0.39 is 12.0 Å². The minimum Gasteiger partial charge on any atom is -0.481 e. The SMILES string of the molecule is Cc1ccc(C(CC(=O)O)NC=O)c(Br)c1. The molecule has 5 heteroatoms. The van der Waals surface area contributed by atoms with Gasteiger partial charge in [0.1, 0.15) is 0 Å². The van der Waals surface area contributed by atoms with Gasteiger partial charge in [-0.1, -0.05) is 28.1 Å². The first-order chi connectivity index (χ1) is 7.54. The lowest BCUT2D eigenvalue weighted by molar-refractivity contribution is -0.137. The van der Waals surface area contributed by atoms with Crippen LogP contribution in [-0.2, 0) is 9.59 Å². The Bertz CT molecular complexity index is 406. The molecular formula is C11H12BrNO3. The van der Waals surface area contributed by atoms with E-state index >= 15 is 0 Å². The molecular weight excluding hydrogens is 274 g/mol. The van der Waals surface area contributed by atoms with Crippen molar-refractivity contribution in [2.24, 2.45) is 0 Å². The molecule has 0 fully saturated rings. The highest BCUT2D eigenvalue weighted by atomic mass is 79.9. The van der Waals surface area contributed by atoms with E-state index in [1.807, 2.05) is 25.1 Å². The molecule has 1 aromatic rings. The van der Waals surface area contributed by atoms with Crippen molar-refractivity contribution in [3.05, 3.63) is 33.8 Å². The minimum absolute atomic E-state index is 0.138. The summed E-state index contributed by atoms with van der Waals surface area (Å²) in [5.74, 6) is -0.952. The van der Waals surface area contributed by atoms with Gasteiger partial charge >= 0.3 is 5.97 Å². The third-order valence-electron chi connectivity index (χ3n) is 2.18. The van der Waals surface area contributed by atoms with Gasteiger partial charge in [0.2, 0.25) is 6.41 Å². The second-order valence-electron chi connectivity index (χ2n) is 3.46. The molecule has 0 heterocycles. The zero-order valence-electron chi connectivity index (χ0n) is 8.74. The van der Waals surface area contributed by atoms with E-state index in [0.717, 1.165) is 15.6 Å². The lowest BCUT2D eigenvalue weighted by atomic mass is 10.0. The minimum atomic E-state index is -0.952. The molecule has 1 amide bonds. The van der Waals surface area contributed by atoms with E-state index in [1.54, 1.807) is 0 Å². The van der Waals surface area contributed by atoms with E-state index in [-0.39, 0.29) is 6.42 Å². The van der Waals surface area contributed by atoms with Crippen LogP contribution in [0, 0.1) is 6.92 Å². The Kier molecular flexibility index (Phi) is 4.49. The second-order valence-corrected chi connectivity index (χ2v) is 4.31. The molecule has 0 saturated heterocycles. The zero-order chi connectivity index (χ0) is 12.1. The van der Waals surface area contributed by atoms with Gasteiger partial charge in [0.25, 0.3) is 0 Å². The normalized spacial score (nSPS) is 11.9. The van der Waals surface area contributed by atoms with Crippen molar-refractivity contribution < 1.29 is 14.7 Å². The Balaban J connectivity index is 3.00. The second kappa shape index (κ2) is 5.65. The highest BCUT2D eigenvalue weighted by molar-refractivity contribution is 9.10. The van der Waals surface area contributed by atoms with Gasteiger partial charge in [0.15, 0.2) is 0 Å². The number of carboxylic acid groups (broad SMARTS) is 1. The molecule has 0 aliphatic carbocycles. The fraction of sp³-hybridized carbons (Fsp3) is 0.273. The number of halogens is 1. The molecule has 0 saturated carbocycles. The van der Waals surface area contributed by atoms with Gasteiger partial charge in [-0.15, -0.1) is 0 Å². The number of amides is 1. The molecule has 1 unspecified atom stereocenters. The van der Waals surface area contributed by atoms with Crippen molar-refractivity contribution in [2.45, 2.75) is 19.4 Å². The van der Waals surface area contributed by atoms with E-state index in [1.165, 1.54) is 0 Å². The average Bonchev–Trinajstić information content (AvgIpc) is 2.16. The van der Waals surface area contributed by atoms with E-state index in [0.29, 0.717) is 6.41 Å². The number of aliphatic carboxylic acids is 1. The molecule has 1 rings (SSSR count). The molecule has 0 aliphatic heterocycles. The van der Waals surface area contributed by atoms with Gasteiger partial charge < -0.3 is 10.4 Å². The molecule has 1 aromatic carbocycles. The summed E-state index contributed by atoms with van der Waals surface area (Å²) in [6.45, 7) is 1.94. The maximum Gasteiger partial charge on any atom is 0.305 e. The Labute approximate surface area is 102 Å². The van der Waals surface area contributed by atoms with E-state index in [9.17, 15) is 9.59 Å². The number of nitrogens with one attached hydrogen (secondary N) is 1. The van der Waals surface area contributed by atoms with Gasteiger partial charge in [-0.25, -0.2) is 0 Å². The number of hydrogen-bond donors (Lipinski definition) is 2. The molecule has 0 bridgehead atoms. The van der Waals surface area contributed by atoms with Crippen LogP contribution in [-0.4, -0.2) is 17.5 Å². The van der Waals surface area contributed by atoms with E-state index in [2.05, 4.69) is 21.2 Å². The third-order valence-corrected chi connectivity index (χ3v) is 2.87. The van der Waals surface area contributed by atoms with Crippen molar-refractivity contribution in [1.29, 1.82) is 0 Å². The summed E-state index contributed by atoms with van der Waals surface area (Å²) in [6, 6.07) is 5.06. The fourth-order valence-electron chi connectivity index (χ4n) is 1.43. The van der Waals surface area contributed by atoms with Crippen molar-refractivity contribution in [3.63, 3.8) is 0 Å². The summed E-state index contributed by atoms with van der Waals surface area (Å²) in [6.07, 6.45) is 0.375. The summed E-state index contributed by atoms with van der Waals surface area (Å²) in [7, 11) is 0. The number of carbonyl (C=O) groups is 2. The topological polar surface area (TPSA) is 66.4 Å². The standard InChI is InChI=1S/C11H12BrNO3/c1-7-2-3-8(9(12)4-7)10(13-6-14)5-11(15)16/h2-4,6,10H,5H2,1H3,(H,13,14)(H,15,16). The third kappa shape index (κ3) is 3.34. The monoisotopic (exact) mass is 285 g/mol. The molecule has 0 aromatic heterocycles. The lowest BCUT2D eigenvalue weighted by Crippen LogP contribution is -2.22. The smallest absolute Gasteiger partial charge is 0.305 e. The van der Waals surface area contributed by atoms with Gasteiger partial charge in [0, 0.05) is 4.47 Å². The van der Waals surface area contributed by atoms with Gasteiger partial charge in [-0.05, 0) is 24.1 Å². The highest BCUT2D eigenvalue weighted by Gasteiger charge is 2.17. The predicted molar refractivity (Wildman–Crippen MR) is 63.1 cm³/mol. The number of aryl methyl sites for hydroxylation is 1. The molecule has 2 N–H and O–H groups in total. The predicted octanol–water partition coefficient (Wildman–Crippen LogP) is 2.02. The first kappa shape index (κ1) is 12.7. The van der Waals surface area contributed by atoms with Crippen LogP contribution in [0.4, 0.5) is 0 Å². The Morgan fingerprint density at radius 2 is 2.31 bits per heavy atom. The van der Waals surface area contributed by atoms with Crippen molar-refractivity contribution >= 4 is 28.3 Å². The quantitative estimate of drug-likeness (QED) is 0.814. The number of rotatable bonds is 5. The van der Waals surface area contributed by atoms with Crippen LogP contribution in [0.3, 0.4) is 0 Å². The molecule has 0 radical (unpaired) electrons. The number of benzene rings is 1. The molecule has 0 aliphatic rings. The Morgan fingerprint density at radius 3 is 2.81 bits per heavy atom. The van der Waals surface area contributed by atoms with Crippen LogP contribution in [0.15, 0.2) is 22.7 Å². The van der Waals surface area contributed by atoms with Crippen LogP contribution in [0.1, 0.15) is 23.6 Å². The van der Waals surface area contributed by atoms with Gasteiger partial charge in [-0.2, -0.15) is 0 Å². The zero-order valence-corrected chi connectivity index (χ0v) is 10.3. The van der Waals surface area contributed by atoms with Gasteiger partial charge in [0.05, 0.1) is 12.5 Å². The van der Waals surface area contributed by atoms with Crippen LogP contribution >= 0.6 is 15.9 Å². The summed E-state index contributed by atoms with van der Waals surface area (Å²) < 4.78 is 0.799. The number of carboxylic acids is 1. The molecule has 1 atom stereocenters. The maximum absolute atomic E-state index is 10.7. The van der Waals surface area contributed by atoms with E-state index in [4.69, 9.17) is 5.11 Å². The largest absolute Gasteiger partial charge is 0.481 e. The van der Waals surface area contributed by atoms with Gasteiger partial charge in [-0.3, -0.25) is 9.59 Å². The average molecular weight is 286 g/mol. The molecule has 0 spiro atoms. The van der Waals surface area contributed by atoms with Crippen LogP contribution in [0.5, 0.6) is 0 Å². The van der Waals surface area contributed by atoms with Crippen molar-refractivity contribution in [3.8, 4) is 0 Å². The van der Waals surface area contributed by atoms with Crippen LogP contribution < -0.4 is 5.32 Å². The summed E-state index contributed by atoms with van der Waals surface area (Å²) >= 11 is 3.36. The summed E-state index contributed by atoms with van der Waals surface area (Å²) in [4.78, 5) is 21.1. The summed E-state index contributed by atoms with van der Waals surface area (Å²) in [5.41, 5.74) is 1.83. The summed E-state index contributed by atoms with van der Waals surface area (Å²) in [5, 5.41) is 11.2. The lowest BCUT2D eigenvalue weighted by Gasteiger charge is -2.16. The van der Waals surface area contributed by atoms with Crippen molar-refractivity contribution in [2.75, 3.05) is 0 Å². The number of hydrogen-bond acceptors (Lipinski definition) is 2. The highest BCUT2D eigenvalue weighted by Crippen LogP contribution is 2.26. The first-order valence-corrected chi connectivity index (χ1v) is 5.51. The molecule has 86 valence electrons. The number of carbonyl (C=O) groups excluding carboxylic acids is 1. The van der Waals surface area contributed by atoms with Crippen LogP contribution in [0.2, 0.25) is 0 Å².